The molecule has 22 heavy (non-hydrogen) atoms. The van der Waals surface area contributed by atoms with Gasteiger partial charge in [0.2, 0.25) is 0 Å². The van der Waals surface area contributed by atoms with Gasteiger partial charge in [-0.2, -0.15) is 0 Å². The molecule has 1 aromatic carbocycles. The van der Waals surface area contributed by atoms with Crippen molar-refractivity contribution in [1.29, 1.82) is 0 Å². The second-order valence-corrected chi connectivity index (χ2v) is 6.99. The van der Waals surface area contributed by atoms with Gasteiger partial charge < -0.3 is 5.11 Å². The van der Waals surface area contributed by atoms with Crippen LogP contribution < -0.4 is 0 Å². The van der Waals surface area contributed by atoms with Crippen LogP contribution in [0.25, 0.3) is 0 Å². The maximum atomic E-state index is 11.7. The van der Waals surface area contributed by atoms with Crippen LogP contribution in [0.4, 0.5) is 0 Å². The Balaban J connectivity index is 1.72. The number of benzene rings is 1. The SMILES string of the molecule is O=C(O)C(c1cccc(Cl)c1)N1CCC(Cc2nccs2)C1. The van der Waals surface area contributed by atoms with Crippen molar-refractivity contribution in [3.05, 3.63) is 51.4 Å². The van der Waals surface area contributed by atoms with Crippen LogP contribution >= 0.6 is 22.9 Å². The summed E-state index contributed by atoms with van der Waals surface area (Å²) in [6, 6.07) is 6.52. The second kappa shape index (κ2) is 6.77. The standard InChI is InChI=1S/C16H17ClN2O2S/c17-13-3-1-2-12(9-13)15(16(20)21)19-6-4-11(10-19)8-14-18-5-7-22-14/h1-3,5,7,9,11,15H,4,6,8,10H2,(H,20,21). The van der Waals surface area contributed by atoms with Crippen molar-refractivity contribution in [2.45, 2.75) is 18.9 Å². The van der Waals surface area contributed by atoms with Gasteiger partial charge in [0.25, 0.3) is 0 Å². The zero-order valence-electron chi connectivity index (χ0n) is 12.0. The van der Waals surface area contributed by atoms with Crippen molar-refractivity contribution in [2.75, 3.05) is 13.1 Å². The Bertz CT molecular complexity index is 647. The molecule has 0 spiro atoms. The molecule has 2 heterocycles. The summed E-state index contributed by atoms with van der Waals surface area (Å²) in [4.78, 5) is 18.1. The normalized spacial score (nSPS) is 20.1. The van der Waals surface area contributed by atoms with E-state index in [9.17, 15) is 9.90 Å². The molecule has 4 nitrogen and oxygen atoms in total. The first-order valence-corrected chi connectivity index (χ1v) is 8.50. The number of aromatic nitrogens is 1. The minimum absolute atomic E-state index is 0.465. The Morgan fingerprint density at radius 3 is 3.09 bits per heavy atom. The molecule has 2 atom stereocenters. The topological polar surface area (TPSA) is 53.4 Å². The van der Waals surface area contributed by atoms with E-state index in [1.54, 1.807) is 29.5 Å². The molecule has 1 saturated heterocycles. The minimum Gasteiger partial charge on any atom is -0.480 e. The fourth-order valence-electron chi connectivity index (χ4n) is 3.05. The first-order valence-electron chi connectivity index (χ1n) is 7.24. The zero-order chi connectivity index (χ0) is 15.5. The Hall–Kier alpha value is -1.43. The Morgan fingerprint density at radius 2 is 2.41 bits per heavy atom. The summed E-state index contributed by atoms with van der Waals surface area (Å²) in [6.07, 6.45) is 3.75. The number of hydrogen-bond acceptors (Lipinski definition) is 4. The number of nitrogens with zero attached hydrogens (tertiary/aromatic N) is 2. The molecule has 1 aromatic heterocycles. The molecule has 0 amide bonds. The van der Waals surface area contributed by atoms with Crippen molar-refractivity contribution >= 4 is 28.9 Å². The fraction of sp³-hybridized carbons (Fsp3) is 0.375. The molecule has 0 aliphatic carbocycles. The van der Waals surface area contributed by atoms with Gasteiger partial charge in [0.1, 0.15) is 6.04 Å². The van der Waals surface area contributed by atoms with Gasteiger partial charge in [-0.15, -0.1) is 11.3 Å². The van der Waals surface area contributed by atoms with Crippen LogP contribution in [0, 0.1) is 5.92 Å². The third-order valence-corrected chi connectivity index (χ3v) is 5.06. The van der Waals surface area contributed by atoms with E-state index in [-0.39, 0.29) is 0 Å². The van der Waals surface area contributed by atoms with E-state index in [0.717, 1.165) is 36.5 Å². The molecule has 0 bridgehead atoms. The number of halogens is 1. The van der Waals surface area contributed by atoms with E-state index in [1.165, 1.54) is 0 Å². The molecule has 1 aliphatic heterocycles. The summed E-state index contributed by atoms with van der Waals surface area (Å²) in [5.74, 6) is -0.357. The van der Waals surface area contributed by atoms with Crippen LogP contribution in [0.15, 0.2) is 35.8 Å². The zero-order valence-corrected chi connectivity index (χ0v) is 13.6. The first kappa shape index (κ1) is 15.5. The van der Waals surface area contributed by atoms with Gasteiger partial charge >= 0.3 is 5.97 Å². The summed E-state index contributed by atoms with van der Waals surface area (Å²) >= 11 is 7.67. The van der Waals surface area contributed by atoms with Gasteiger partial charge in [-0.3, -0.25) is 9.69 Å². The van der Waals surface area contributed by atoms with Crippen molar-refractivity contribution in [3.8, 4) is 0 Å². The predicted molar refractivity (Wildman–Crippen MR) is 87.3 cm³/mol. The molecule has 116 valence electrons. The summed E-state index contributed by atoms with van der Waals surface area (Å²) < 4.78 is 0. The average Bonchev–Trinajstić information content (AvgIpc) is 3.12. The van der Waals surface area contributed by atoms with E-state index in [0.29, 0.717) is 10.9 Å². The van der Waals surface area contributed by atoms with Gasteiger partial charge in [-0.25, -0.2) is 4.98 Å². The summed E-state index contributed by atoms with van der Waals surface area (Å²) in [5, 5.41) is 13.3. The number of carbonyl (C=O) groups is 1. The molecule has 2 unspecified atom stereocenters. The second-order valence-electron chi connectivity index (χ2n) is 5.58. The van der Waals surface area contributed by atoms with E-state index in [4.69, 9.17) is 11.6 Å². The van der Waals surface area contributed by atoms with Crippen LogP contribution in [-0.2, 0) is 11.2 Å². The average molecular weight is 337 g/mol. The molecule has 1 fully saturated rings. The minimum atomic E-state index is -0.822. The monoisotopic (exact) mass is 336 g/mol. The van der Waals surface area contributed by atoms with Gasteiger partial charge in [0.05, 0.1) is 5.01 Å². The molecule has 0 radical (unpaired) electrons. The molecule has 2 aromatic rings. The first-order chi connectivity index (χ1) is 10.6. The number of likely N-dealkylation sites (tertiary alicyclic amines) is 1. The van der Waals surface area contributed by atoms with E-state index in [2.05, 4.69) is 4.98 Å². The highest BCUT2D eigenvalue weighted by atomic mass is 35.5. The lowest BCUT2D eigenvalue weighted by molar-refractivity contribution is -0.143. The Kier molecular flexibility index (Phi) is 4.76. The number of aliphatic carboxylic acids is 1. The van der Waals surface area contributed by atoms with E-state index < -0.39 is 12.0 Å². The third kappa shape index (κ3) is 3.48. The highest BCUT2D eigenvalue weighted by Gasteiger charge is 2.33. The molecule has 1 N–H and O–H groups in total. The molecule has 3 rings (SSSR count). The Labute approximate surface area is 138 Å². The summed E-state index contributed by atoms with van der Waals surface area (Å²) in [6.45, 7) is 1.57. The maximum absolute atomic E-state index is 11.7. The van der Waals surface area contributed by atoms with Gasteiger partial charge in [-0.05, 0) is 36.6 Å². The van der Waals surface area contributed by atoms with Crippen LogP contribution in [-0.4, -0.2) is 34.0 Å². The Morgan fingerprint density at radius 1 is 1.55 bits per heavy atom. The van der Waals surface area contributed by atoms with Crippen LogP contribution in [0.5, 0.6) is 0 Å². The third-order valence-electron chi connectivity index (χ3n) is 4.03. The molecule has 6 heteroatoms. The molecular weight excluding hydrogens is 320 g/mol. The molecule has 0 saturated carbocycles. The number of hydrogen-bond donors (Lipinski definition) is 1. The van der Waals surface area contributed by atoms with Gasteiger partial charge in [-0.1, -0.05) is 23.7 Å². The molecular formula is C16H17ClN2O2S. The number of rotatable bonds is 5. The number of carboxylic acids is 1. The predicted octanol–water partition coefficient (Wildman–Crippen LogP) is 3.49. The van der Waals surface area contributed by atoms with Crippen molar-refractivity contribution in [1.82, 2.24) is 9.88 Å². The van der Waals surface area contributed by atoms with Crippen LogP contribution in [0.2, 0.25) is 5.02 Å². The van der Waals surface area contributed by atoms with Crippen molar-refractivity contribution in [3.63, 3.8) is 0 Å². The highest BCUT2D eigenvalue weighted by molar-refractivity contribution is 7.09. The number of carboxylic acid groups (broad SMARTS) is 1. The van der Waals surface area contributed by atoms with Crippen LogP contribution in [0.1, 0.15) is 23.0 Å². The quantitative estimate of drug-likeness (QED) is 0.908. The van der Waals surface area contributed by atoms with E-state index in [1.807, 2.05) is 22.5 Å². The fourth-order valence-corrected chi connectivity index (χ4v) is 3.98. The smallest absolute Gasteiger partial charge is 0.325 e. The highest BCUT2D eigenvalue weighted by Crippen LogP contribution is 2.31. The maximum Gasteiger partial charge on any atom is 0.325 e. The van der Waals surface area contributed by atoms with Crippen LogP contribution in [0.3, 0.4) is 0 Å². The summed E-state index contributed by atoms with van der Waals surface area (Å²) in [5.41, 5.74) is 0.745. The summed E-state index contributed by atoms with van der Waals surface area (Å²) in [7, 11) is 0. The lowest BCUT2D eigenvalue weighted by Crippen LogP contribution is -2.32. The van der Waals surface area contributed by atoms with Gasteiger partial charge in [0.15, 0.2) is 0 Å². The molecule has 1 aliphatic rings. The van der Waals surface area contributed by atoms with Gasteiger partial charge in [0, 0.05) is 29.6 Å². The van der Waals surface area contributed by atoms with Crippen molar-refractivity contribution in [2.24, 2.45) is 5.92 Å². The lowest BCUT2D eigenvalue weighted by atomic mass is 10.0. The number of thiazole rings is 1. The largest absolute Gasteiger partial charge is 0.480 e. The van der Waals surface area contributed by atoms with E-state index >= 15 is 0 Å². The van der Waals surface area contributed by atoms with Crippen molar-refractivity contribution < 1.29 is 9.90 Å². The lowest BCUT2D eigenvalue weighted by Gasteiger charge is -2.24.